The fourth-order valence-electron chi connectivity index (χ4n) is 3.07. The first kappa shape index (κ1) is 18.7. The van der Waals surface area contributed by atoms with Gasteiger partial charge in [-0.05, 0) is 56.6 Å². The second-order valence-corrected chi connectivity index (χ2v) is 6.47. The van der Waals surface area contributed by atoms with E-state index in [1.807, 2.05) is 19.1 Å². The number of hydrogen-bond donors (Lipinski definition) is 0. The highest BCUT2D eigenvalue weighted by molar-refractivity contribution is 6.30. The van der Waals surface area contributed by atoms with Crippen LogP contribution >= 0.6 is 11.6 Å². The summed E-state index contributed by atoms with van der Waals surface area (Å²) >= 11 is 5.93. The maximum atomic E-state index is 12.3. The summed E-state index contributed by atoms with van der Waals surface area (Å²) in [6, 6.07) is 7.38. The summed E-state index contributed by atoms with van der Waals surface area (Å²) in [5.41, 5.74) is 0.941. The van der Waals surface area contributed by atoms with Gasteiger partial charge < -0.3 is 9.64 Å². The van der Waals surface area contributed by atoms with Gasteiger partial charge in [0.1, 0.15) is 0 Å². The van der Waals surface area contributed by atoms with Crippen molar-refractivity contribution in [3.63, 3.8) is 0 Å². The van der Waals surface area contributed by atoms with Gasteiger partial charge in [0.15, 0.2) is 5.78 Å². The van der Waals surface area contributed by atoms with Crippen molar-refractivity contribution in [2.24, 2.45) is 5.92 Å². The molecule has 0 aromatic heterocycles. The topological polar surface area (TPSA) is 46.6 Å². The van der Waals surface area contributed by atoms with E-state index in [4.69, 9.17) is 16.3 Å². The number of piperidine rings is 1. The Bertz CT molecular complexity index is 577. The lowest BCUT2D eigenvalue weighted by Crippen LogP contribution is -2.40. The molecule has 0 amide bonds. The van der Waals surface area contributed by atoms with Crippen LogP contribution in [0.4, 0.5) is 0 Å². The maximum absolute atomic E-state index is 12.3. The first-order chi connectivity index (χ1) is 11.5. The van der Waals surface area contributed by atoms with Gasteiger partial charge in [-0.2, -0.15) is 0 Å². The highest BCUT2D eigenvalue weighted by Gasteiger charge is 2.28. The Morgan fingerprint density at radius 1 is 1.33 bits per heavy atom. The summed E-state index contributed by atoms with van der Waals surface area (Å²) in [5.74, 6) is -0.373. The third-order valence-electron chi connectivity index (χ3n) is 4.47. The third kappa shape index (κ3) is 4.92. The predicted octanol–water partition coefficient (Wildman–Crippen LogP) is 3.45. The smallest absolute Gasteiger partial charge is 0.309 e. The lowest BCUT2D eigenvalue weighted by Gasteiger charge is -2.33. The lowest BCUT2D eigenvalue weighted by atomic mass is 9.91. The highest BCUT2D eigenvalue weighted by atomic mass is 35.5. The van der Waals surface area contributed by atoms with Gasteiger partial charge in [0.05, 0.1) is 18.4 Å². The number of benzene rings is 1. The van der Waals surface area contributed by atoms with Gasteiger partial charge in [-0.25, -0.2) is 0 Å². The summed E-state index contributed by atoms with van der Waals surface area (Å²) < 4.78 is 5.10. The van der Waals surface area contributed by atoms with Gasteiger partial charge in [-0.1, -0.05) is 30.3 Å². The molecule has 0 spiro atoms. The van der Waals surface area contributed by atoms with Crippen molar-refractivity contribution < 1.29 is 14.3 Å². The zero-order valence-corrected chi connectivity index (χ0v) is 14.8. The molecule has 1 atom stereocenters. The van der Waals surface area contributed by atoms with Crippen LogP contribution in [-0.4, -0.2) is 42.9 Å². The van der Waals surface area contributed by atoms with Gasteiger partial charge in [0, 0.05) is 11.6 Å². The minimum atomic E-state index is -0.251. The summed E-state index contributed by atoms with van der Waals surface area (Å²) in [4.78, 5) is 26.3. The molecule has 0 N–H and O–H groups in total. The zero-order chi connectivity index (χ0) is 17.5. The third-order valence-corrected chi connectivity index (χ3v) is 4.72. The monoisotopic (exact) mass is 349 g/mol. The van der Waals surface area contributed by atoms with Crippen LogP contribution in [-0.2, 0) is 14.3 Å². The maximum Gasteiger partial charge on any atom is 0.309 e. The van der Waals surface area contributed by atoms with Crippen LogP contribution in [0.3, 0.4) is 0 Å². The Morgan fingerprint density at radius 3 is 2.50 bits per heavy atom. The molecule has 0 aliphatic carbocycles. The second kappa shape index (κ2) is 9.00. The molecule has 2 rings (SSSR count). The molecular formula is C19H24ClNO3. The minimum Gasteiger partial charge on any atom is -0.466 e. The van der Waals surface area contributed by atoms with Crippen LogP contribution < -0.4 is 0 Å². The Hall–Kier alpha value is -1.65. The van der Waals surface area contributed by atoms with E-state index in [1.165, 1.54) is 6.08 Å². The number of esters is 1. The molecule has 24 heavy (non-hydrogen) atoms. The summed E-state index contributed by atoms with van der Waals surface area (Å²) in [6.45, 7) is 8.07. The molecule has 1 aromatic rings. The fourth-order valence-corrected chi connectivity index (χ4v) is 3.19. The number of ether oxygens (including phenoxy) is 1. The Labute approximate surface area is 148 Å². The normalized spacial score (nSPS) is 17.2. The van der Waals surface area contributed by atoms with Crippen LogP contribution in [0.15, 0.2) is 36.9 Å². The van der Waals surface area contributed by atoms with E-state index in [1.54, 1.807) is 12.1 Å². The standard InChI is InChI=1S/C19H24ClNO3/c1-3-18(22)17(14-5-7-16(20)8-6-14)13-21-11-9-15(10-12-21)19(23)24-4-2/h3,5-8,15,17H,1,4,9-13H2,2H3. The van der Waals surface area contributed by atoms with Gasteiger partial charge in [0.2, 0.25) is 0 Å². The summed E-state index contributed by atoms with van der Waals surface area (Å²) in [5, 5.41) is 0.652. The van der Waals surface area contributed by atoms with E-state index >= 15 is 0 Å². The van der Waals surface area contributed by atoms with Crippen LogP contribution in [0, 0.1) is 5.92 Å². The summed E-state index contributed by atoms with van der Waals surface area (Å²) in [6.07, 6.45) is 2.92. The van der Waals surface area contributed by atoms with Gasteiger partial charge in [-0.3, -0.25) is 9.59 Å². The van der Waals surface area contributed by atoms with Crippen molar-refractivity contribution in [2.75, 3.05) is 26.2 Å². The van der Waals surface area contributed by atoms with E-state index in [-0.39, 0.29) is 23.6 Å². The fraction of sp³-hybridized carbons (Fsp3) is 0.474. The van der Waals surface area contributed by atoms with E-state index in [9.17, 15) is 9.59 Å². The number of carbonyl (C=O) groups is 2. The predicted molar refractivity (Wildman–Crippen MR) is 95.2 cm³/mol. The largest absolute Gasteiger partial charge is 0.466 e. The molecule has 1 aliphatic heterocycles. The SMILES string of the molecule is C=CC(=O)C(CN1CCC(C(=O)OCC)CC1)c1ccc(Cl)cc1. The van der Waals surface area contributed by atoms with Crippen LogP contribution in [0.5, 0.6) is 0 Å². The highest BCUT2D eigenvalue weighted by Crippen LogP contribution is 2.25. The molecule has 0 bridgehead atoms. The zero-order valence-electron chi connectivity index (χ0n) is 14.0. The van der Waals surface area contributed by atoms with Gasteiger partial charge >= 0.3 is 5.97 Å². The molecule has 1 fully saturated rings. The number of halogens is 1. The molecule has 0 radical (unpaired) electrons. The molecule has 1 aromatic carbocycles. The molecule has 1 aliphatic rings. The first-order valence-electron chi connectivity index (χ1n) is 8.35. The van der Waals surface area contributed by atoms with Gasteiger partial charge in [0.25, 0.3) is 0 Å². The van der Waals surface area contributed by atoms with Crippen molar-refractivity contribution in [3.8, 4) is 0 Å². The average Bonchev–Trinajstić information content (AvgIpc) is 2.60. The number of carbonyl (C=O) groups excluding carboxylic acids is 2. The first-order valence-corrected chi connectivity index (χ1v) is 8.73. The van der Waals surface area contributed by atoms with Crippen molar-refractivity contribution in [3.05, 3.63) is 47.5 Å². The molecular weight excluding hydrogens is 326 g/mol. The van der Waals surface area contributed by atoms with Gasteiger partial charge in [-0.15, -0.1) is 0 Å². The van der Waals surface area contributed by atoms with Crippen LogP contribution in [0.2, 0.25) is 5.02 Å². The molecule has 1 saturated heterocycles. The molecule has 1 heterocycles. The number of rotatable bonds is 7. The van der Waals surface area contributed by atoms with Crippen molar-refractivity contribution in [1.29, 1.82) is 0 Å². The van der Waals surface area contributed by atoms with E-state index in [2.05, 4.69) is 11.5 Å². The number of likely N-dealkylation sites (tertiary alicyclic amines) is 1. The molecule has 130 valence electrons. The molecule has 5 heteroatoms. The Balaban J connectivity index is 1.98. The number of nitrogens with zero attached hydrogens (tertiary/aromatic N) is 1. The molecule has 1 unspecified atom stereocenters. The quantitative estimate of drug-likeness (QED) is 0.558. The minimum absolute atomic E-state index is 0.00448. The van der Waals surface area contributed by atoms with Crippen LogP contribution in [0.1, 0.15) is 31.2 Å². The van der Waals surface area contributed by atoms with Crippen LogP contribution in [0.25, 0.3) is 0 Å². The Morgan fingerprint density at radius 2 is 1.96 bits per heavy atom. The number of ketones is 1. The lowest BCUT2D eigenvalue weighted by molar-refractivity contribution is -0.149. The number of allylic oxidation sites excluding steroid dienone is 1. The van der Waals surface area contributed by atoms with Crippen molar-refractivity contribution >= 4 is 23.4 Å². The number of hydrogen-bond acceptors (Lipinski definition) is 4. The summed E-state index contributed by atoms with van der Waals surface area (Å²) in [7, 11) is 0. The van der Waals surface area contributed by atoms with E-state index < -0.39 is 0 Å². The average molecular weight is 350 g/mol. The molecule has 0 saturated carbocycles. The van der Waals surface area contributed by atoms with E-state index in [0.29, 0.717) is 18.2 Å². The molecule has 4 nitrogen and oxygen atoms in total. The van der Waals surface area contributed by atoms with Crippen molar-refractivity contribution in [1.82, 2.24) is 4.90 Å². The van der Waals surface area contributed by atoms with E-state index in [0.717, 1.165) is 31.5 Å². The van der Waals surface area contributed by atoms with Crippen molar-refractivity contribution in [2.45, 2.75) is 25.7 Å². The second-order valence-electron chi connectivity index (χ2n) is 6.04. The Kier molecular flexibility index (Phi) is 7.00.